The van der Waals surface area contributed by atoms with Gasteiger partial charge in [0.25, 0.3) is 5.91 Å². The highest BCUT2D eigenvalue weighted by Gasteiger charge is 2.36. The van der Waals surface area contributed by atoms with Crippen molar-refractivity contribution in [2.75, 3.05) is 39.9 Å². The third-order valence-electron chi connectivity index (χ3n) is 5.88. The van der Waals surface area contributed by atoms with Gasteiger partial charge in [-0.05, 0) is 50.7 Å². The zero-order valence-corrected chi connectivity index (χ0v) is 17.4. The molecule has 1 aromatic rings. The molecule has 29 heavy (non-hydrogen) atoms. The minimum absolute atomic E-state index is 0.00479. The first-order valence-electron chi connectivity index (χ1n) is 10.4. The number of nitrogens with one attached hydrogen (secondary N) is 1. The number of amides is 3. The number of rotatable bonds is 6. The number of piperidine rings is 1. The molecule has 158 valence electrons. The van der Waals surface area contributed by atoms with Crippen LogP contribution in [0.4, 0.5) is 0 Å². The first kappa shape index (κ1) is 21.3. The molecule has 0 bridgehead atoms. The number of carbonyl (C=O) groups is 3. The molecule has 0 radical (unpaired) electrons. The number of likely N-dealkylation sites (tertiary alicyclic amines) is 2. The Bertz CT molecular complexity index is 737. The van der Waals surface area contributed by atoms with Crippen LogP contribution in [0.15, 0.2) is 24.3 Å². The number of ether oxygens (including phenoxy) is 1. The third kappa shape index (κ3) is 5.35. The lowest BCUT2D eigenvalue weighted by Crippen LogP contribution is -2.54. The molecule has 0 aromatic heterocycles. The van der Waals surface area contributed by atoms with E-state index < -0.39 is 6.04 Å². The zero-order chi connectivity index (χ0) is 20.8. The van der Waals surface area contributed by atoms with Crippen LogP contribution in [0, 0.1) is 12.8 Å². The summed E-state index contributed by atoms with van der Waals surface area (Å²) in [7, 11) is 1.51. The van der Waals surface area contributed by atoms with Gasteiger partial charge in [-0.1, -0.05) is 17.7 Å². The van der Waals surface area contributed by atoms with Crippen LogP contribution >= 0.6 is 0 Å². The Balaban J connectivity index is 1.71. The molecule has 2 aliphatic heterocycles. The molecule has 2 fully saturated rings. The van der Waals surface area contributed by atoms with Crippen molar-refractivity contribution in [2.24, 2.45) is 5.92 Å². The molecule has 2 heterocycles. The predicted octanol–water partition coefficient (Wildman–Crippen LogP) is 1.60. The third-order valence-corrected chi connectivity index (χ3v) is 5.88. The first-order valence-corrected chi connectivity index (χ1v) is 10.4. The number of benzene rings is 1. The van der Waals surface area contributed by atoms with Gasteiger partial charge in [-0.2, -0.15) is 0 Å². The summed E-state index contributed by atoms with van der Waals surface area (Å²) in [5.41, 5.74) is 1.57. The quantitative estimate of drug-likeness (QED) is 0.785. The van der Waals surface area contributed by atoms with Crippen LogP contribution in [0.25, 0.3) is 0 Å². The Hall–Kier alpha value is -2.41. The molecule has 1 atom stereocenters. The van der Waals surface area contributed by atoms with Crippen molar-refractivity contribution in [1.82, 2.24) is 15.1 Å². The van der Waals surface area contributed by atoms with Gasteiger partial charge in [0.05, 0.1) is 0 Å². The standard InChI is InChI=1S/C22H31N3O4/c1-16-6-5-7-18(14-16)21(27)23-20(22(28)25-10-3-4-11-25)17-8-12-24(13-9-17)19(26)15-29-2/h5-7,14,17,20H,3-4,8-13,15H2,1-2H3,(H,23,27)/t20-/m1/s1. The van der Waals surface area contributed by atoms with Crippen LogP contribution in [0.1, 0.15) is 41.6 Å². The van der Waals surface area contributed by atoms with E-state index in [1.54, 1.807) is 11.0 Å². The van der Waals surface area contributed by atoms with E-state index in [1.807, 2.05) is 30.0 Å². The molecule has 7 heteroatoms. The van der Waals surface area contributed by atoms with Crippen molar-refractivity contribution in [1.29, 1.82) is 0 Å². The minimum Gasteiger partial charge on any atom is -0.375 e. The van der Waals surface area contributed by atoms with Gasteiger partial charge >= 0.3 is 0 Å². The Labute approximate surface area is 172 Å². The molecule has 1 aromatic carbocycles. The van der Waals surface area contributed by atoms with E-state index in [0.29, 0.717) is 31.5 Å². The van der Waals surface area contributed by atoms with Gasteiger partial charge in [-0.3, -0.25) is 14.4 Å². The van der Waals surface area contributed by atoms with Gasteiger partial charge < -0.3 is 19.9 Å². The molecular weight excluding hydrogens is 370 g/mol. The van der Waals surface area contributed by atoms with Crippen LogP contribution in [-0.2, 0) is 14.3 Å². The summed E-state index contributed by atoms with van der Waals surface area (Å²) in [6.07, 6.45) is 3.39. The highest BCUT2D eigenvalue weighted by Crippen LogP contribution is 2.24. The lowest BCUT2D eigenvalue weighted by Gasteiger charge is -2.37. The Morgan fingerprint density at radius 1 is 1.10 bits per heavy atom. The molecule has 3 rings (SSSR count). The largest absolute Gasteiger partial charge is 0.375 e. The molecule has 7 nitrogen and oxygen atoms in total. The maximum absolute atomic E-state index is 13.2. The average Bonchev–Trinajstić information content (AvgIpc) is 3.26. The highest BCUT2D eigenvalue weighted by atomic mass is 16.5. The smallest absolute Gasteiger partial charge is 0.251 e. The van der Waals surface area contributed by atoms with Gasteiger partial charge in [0, 0.05) is 38.9 Å². The number of nitrogens with zero attached hydrogens (tertiary/aromatic N) is 2. The second-order valence-corrected chi connectivity index (χ2v) is 8.00. The summed E-state index contributed by atoms with van der Waals surface area (Å²) in [6.45, 7) is 4.68. The Morgan fingerprint density at radius 3 is 2.41 bits per heavy atom. The van der Waals surface area contributed by atoms with Crippen LogP contribution in [0.5, 0.6) is 0 Å². The van der Waals surface area contributed by atoms with Gasteiger partial charge in [0.2, 0.25) is 11.8 Å². The van der Waals surface area contributed by atoms with Crippen LogP contribution in [0.3, 0.4) is 0 Å². The van der Waals surface area contributed by atoms with E-state index >= 15 is 0 Å². The van der Waals surface area contributed by atoms with E-state index in [0.717, 1.165) is 31.5 Å². The fourth-order valence-electron chi connectivity index (χ4n) is 4.22. The predicted molar refractivity (Wildman–Crippen MR) is 109 cm³/mol. The molecule has 0 unspecified atom stereocenters. The van der Waals surface area contributed by atoms with Gasteiger partial charge in [0.15, 0.2) is 0 Å². The number of methoxy groups -OCH3 is 1. The second-order valence-electron chi connectivity index (χ2n) is 8.00. The molecule has 1 N–H and O–H groups in total. The number of carbonyl (C=O) groups excluding carboxylic acids is 3. The van der Waals surface area contributed by atoms with E-state index in [9.17, 15) is 14.4 Å². The molecule has 2 saturated heterocycles. The summed E-state index contributed by atoms with van der Waals surface area (Å²) in [5.74, 6) is -0.227. The van der Waals surface area contributed by atoms with E-state index in [-0.39, 0.29) is 30.2 Å². The van der Waals surface area contributed by atoms with E-state index in [2.05, 4.69) is 5.32 Å². The molecule has 0 saturated carbocycles. The fourth-order valence-corrected chi connectivity index (χ4v) is 4.22. The molecule has 0 aliphatic carbocycles. The topological polar surface area (TPSA) is 79.0 Å². The highest BCUT2D eigenvalue weighted by molar-refractivity contribution is 5.97. The van der Waals surface area contributed by atoms with E-state index in [1.165, 1.54) is 7.11 Å². The van der Waals surface area contributed by atoms with Gasteiger partial charge in [-0.25, -0.2) is 0 Å². The molecule has 2 aliphatic rings. The lowest BCUT2D eigenvalue weighted by molar-refractivity contribution is -0.137. The van der Waals surface area contributed by atoms with Crippen molar-refractivity contribution in [3.63, 3.8) is 0 Å². The molecule has 3 amide bonds. The summed E-state index contributed by atoms with van der Waals surface area (Å²) < 4.78 is 4.94. The monoisotopic (exact) mass is 401 g/mol. The normalized spacial score (nSPS) is 18.6. The van der Waals surface area contributed by atoms with Gasteiger partial charge in [0.1, 0.15) is 12.6 Å². The second kappa shape index (κ2) is 9.87. The average molecular weight is 402 g/mol. The maximum Gasteiger partial charge on any atom is 0.251 e. The SMILES string of the molecule is COCC(=O)N1CCC([C@@H](NC(=O)c2cccc(C)c2)C(=O)N2CCCC2)CC1. The first-order chi connectivity index (χ1) is 14.0. The van der Waals surface area contributed by atoms with Gasteiger partial charge in [-0.15, -0.1) is 0 Å². The number of hydrogen-bond donors (Lipinski definition) is 1. The van der Waals surface area contributed by atoms with Crippen molar-refractivity contribution in [3.05, 3.63) is 35.4 Å². The Kier molecular flexibility index (Phi) is 7.25. The number of aryl methyl sites for hydroxylation is 1. The van der Waals surface area contributed by atoms with Crippen molar-refractivity contribution < 1.29 is 19.1 Å². The minimum atomic E-state index is -0.555. The summed E-state index contributed by atoms with van der Waals surface area (Å²) in [4.78, 5) is 41.8. The summed E-state index contributed by atoms with van der Waals surface area (Å²) >= 11 is 0. The van der Waals surface area contributed by atoms with Crippen molar-refractivity contribution >= 4 is 17.7 Å². The van der Waals surface area contributed by atoms with E-state index in [4.69, 9.17) is 4.74 Å². The summed E-state index contributed by atoms with van der Waals surface area (Å²) in [5, 5.41) is 3.02. The summed E-state index contributed by atoms with van der Waals surface area (Å²) in [6, 6.07) is 6.84. The van der Waals surface area contributed by atoms with Crippen LogP contribution in [0.2, 0.25) is 0 Å². The zero-order valence-electron chi connectivity index (χ0n) is 17.4. The molecular formula is C22H31N3O4. The Morgan fingerprint density at radius 2 is 1.79 bits per heavy atom. The van der Waals surface area contributed by atoms with Crippen LogP contribution < -0.4 is 5.32 Å². The lowest BCUT2D eigenvalue weighted by atomic mass is 9.88. The van der Waals surface area contributed by atoms with Crippen molar-refractivity contribution in [2.45, 2.75) is 38.6 Å². The van der Waals surface area contributed by atoms with Crippen molar-refractivity contribution in [3.8, 4) is 0 Å². The fraction of sp³-hybridized carbons (Fsp3) is 0.591. The van der Waals surface area contributed by atoms with Crippen LogP contribution in [-0.4, -0.2) is 73.5 Å². The molecule has 0 spiro atoms. The number of hydrogen-bond acceptors (Lipinski definition) is 4. The maximum atomic E-state index is 13.2.